The first kappa shape index (κ1) is 17.2. The van der Waals surface area contributed by atoms with Crippen molar-refractivity contribution in [3.05, 3.63) is 64.7 Å². The Hall–Kier alpha value is -2.62. The average Bonchev–Trinajstić information content (AvgIpc) is 2.57. The van der Waals surface area contributed by atoms with Crippen LogP contribution in [-0.2, 0) is 4.79 Å². The SMILES string of the molecule is Cc1cccc(C(=O)N2CCN(c3ccc(C)cc3C)C(=O)[C@@H]2C)c1. The molecule has 130 valence electrons. The van der Waals surface area contributed by atoms with Gasteiger partial charge < -0.3 is 9.80 Å². The van der Waals surface area contributed by atoms with Crippen molar-refractivity contribution in [2.24, 2.45) is 0 Å². The number of nitrogens with zero attached hydrogens (tertiary/aromatic N) is 2. The van der Waals surface area contributed by atoms with E-state index >= 15 is 0 Å². The molecule has 4 nitrogen and oxygen atoms in total. The highest BCUT2D eigenvalue weighted by Crippen LogP contribution is 2.25. The molecule has 1 heterocycles. The smallest absolute Gasteiger partial charge is 0.254 e. The molecule has 0 N–H and O–H groups in total. The summed E-state index contributed by atoms with van der Waals surface area (Å²) in [4.78, 5) is 29.2. The molecule has 3 rings (SSSR count). The molecule has 1 atom stereocenters. The summed E-state index contributed by atoms with van der Waals surface area (Å²) in [5, 5.41) is 0. The summed E-state index contributed by atoms with van der Waals surface area (Å²) in [5.74, 6) is -0.107. The maximum atomic E-state index is 12.9. The highest BCUT2D eigenvalue weighted by Gasteiger charge is 2.35. The number of aryl methyl sites for hydroxylation is 3. The van der Waals surface area contributed by atoms with Crippen molar-refractivity contribution in [1.82, 2.24) is 4.90 Å². The summed E-state index contributed by atoms with van der Waals surface area (Å²) in [6, 6.07) is 13.1. The van der Waals surface area contributed by atoms with Crippen molar-refractivity contribution in [2.45, 2.75) is 33.7 Å². The number of piperazine rings is 1. The van der Waals surface area contributed by atoms with Crippen LogP contribution in [0.25, 0.3) is 0 Å². The van der Waals surface area contributed by atoms with Gasteiger partial charge in [-0.3, -0.25) is 9.59 Å². The molecule has 1 aliphatic rings. The van der Waals surface area contributed by atoms with E-state index in [-0.39, 0.29) is 11.8 Å². The van der Waals surface area contributed by atoms with E-state index in [1.54, 1.807) is 9.80 Å². The average molecular weight is 336 g/mol. The quantitative estimate of drug-likeness (QED) is 0.842. The van der Waals surface area contributed by atoms with E-state index in [0.717, 1.165) is 16.8 Å². The van der Waals surface area contributed by atoms with Gasteiger partial charge in [0.05, 0.1) is 0 Å². The Morgan fingerprint density at radius 2 is 1.72 bits per heavy atom. The normalized spacial score (nSPS) is 17.8. The minimum absolute atomic E-state index is 0.0285. The molecule has 2 amide bonds. The van der Waals surface area contributed by atoms with Gasteiger partial charge in [-0.05, 0) is 51.5 Å². The third kappa shape index (κ3) is 3.29. The molecule has 0 radical (unpaired) electrons. The molecule has 4 heteroatoms. The van der Waals surface area contributed by atoms with E-state index < -0.39 is 6.04 Å². The Balaban J connectivity index is 1.83. The Morgan fingerprint density at radius 1 is 1.00 bits per heavy atom. The molecule has 0 saturated carbocycles. The largest absolute Gasteiger partial charge is 0.325 e. The highest BCUT2D eigenvalue weighted by atomic mass is 16.2. The van der Waals surface area contributed by atoms with Crippen LogP contribution in [-0.4, -0.2) is 35.8 Å². The van der Waals surface area contributed by atoms with Crippen molar-refractivity contribution in [2.75, 3.05) is 18.0 Å². The molecule has 0 unspecified atom stereocenters. The zero-order valence-electron chi connectivity index (χ0n) is 15.2. The van der Waals surface area contributed by atoms with Crippen LogP contribution in [0.2, 0.25) is 0 Å². The van der Waals surface area contributed by atoms with Crippen molar-refractivity contribution in [3.8, 4) is 0 Å². The first-order valence-electron chi connectivity index (χ1n) is 8.65. The third-order valence-electron chi connectivity index (χ3n) is 4.82. The minimum atomic E-state index is -0.470. The van der Waals surface area contributed by atoms with Gasteiger partial charge in [0, 0.05) is 24.3 Å². The van der Waals surface area contributed by atoms with Gasteiger partial charge in [0.15, 0.2) is 0 Å². The first-order chi connectivity index (χ1) is 11.9. The number of rotatable bonds is 2. The van der Waals surface area contributed by atoms with E-state index in [9.17, 15) is 9.59 Å². The van der Waals surface area contributed by atoms with E-state index in [4.69, 9.17) is 0 Å². The molecule has 1 fully saturated rings. The number of hydrogen-bond acceptors (Lipinski definition) is 2. The van der Waals surface area contributed by atoms with Crippen LogP contribution in [0.5, 0.6) is 0 Å². The predicted molar refractivity (Wildman–Crippen MR) is 99.9 cm³/mol. The van der Waals surface area contributed by atoms with E-state index in [2.05, 4.69) is 6.07 Å². The van der Waals surface area contributed by atoms with Gasteiger partial charge in [0.2, 0.25) is 5.91 Å². The fourth-order valence-corrected chi connectivity index (χ4v) is 3.44. The van der Waals surface area contributed by atoms with Crippen molar-refractivity contribution in [3.63, 3.8) is 0 Å². The van der Waals surface area contributed by atoms with Gasteiger partial charge in [0.25, 0.3) is 5.91 Å². The number of carbonyl (C=O) groups is 2. The third-order valence-corrected chi connectivity index (χ3v) is 4.82. The molecule has 0 bridgehead atoms. The molecule has 2 aromatic rings. The maximum absolute atomic E-state index is 12.9. The number of amides is 2. The van der Waals surface area contributed by atoms with Crippen LogP contribution in [0.3, 0.4) is 0 Å². The fourth-order valence-electron chi connectivity index (χ4n) is 3.44. The molecule has 1 saturated heterocycles. The Morgan fingerprint density at radius 3 is 2.40 bits per heavy atom. The second-order valence-electron chi connectivity index (χ2n) is 6.82. The van der Waals surface area contributed by atoms with Crippen molar-refractivity contribution < 1.29 is 9.59 Å². The molecular weight excluding hydrogens is 312 g/mol. The molecule has 2 aromatic carbocycles. The summed E-state index contributed by atoms with van der Waals surface area (Å²) in [5.41, 5.74) is 4.87. The maximum Gasteiger partial charge on any atom is 0.254 e. The zero-order valence-corrected chi connectivity index (χ0v) is 15.2. The fraction of sp³-hybridized carbons (Fsp3) is 0.333. The Labute approximate surface area is 149 Å². The van der Waals surface area contributed by atoms with Gasteiger partial charge in [-0.1, -0.05) is 35.4 Å². The first-order valence-corrected chi connectivity index (χ1v) is 8.65. The minimum Gasteiger partial charge on any atom is -0.325 e. The lowest BCUT2D eigenvalue weighted by Gasteiger charge is -2.39. The van der Waals surface area contributed by atoms with Crippen LogP contribution in [0.15, 0.2) is 42.5 Å². The number of anilines is 1. The van der Waals surface area contributed by atoms with Crippen LogP contribution < -0.4 is 4.90 Å². The topological polar surface area (TPSA) is 40.6 Å². The highest BCUT2D eigenvalue weighted by molar-refractivity contribution is 6.03. The number of hydrogen-bond donors (Lipinski definition) is 0. The molecule has 0 aliphatic carbocycles. The number of carbonyl (C=O) groups excluding carboxylic acids is 2. The Kier molecular flexibility index (Phi) is 4.62. The molecule has 1 aliphatic heterocycles. The lowest BCUT2D eigenvalue weighted by atomic mass is 10.0. The van der Waals surface area contributed by atoms with Crippen molar-refractivity contribution >= 4 is 17.5 Å². The van der Waals surface area contributed by atoms with Gasteiger partial charge in [-0.15, -0.1) is 0 Å². The summed E-state index contributed by atoms with van der Waals surface area (Å²) < 4.78 is 0. The second-order valence-corrected chi connectivity index (χ2v) is 6.82. The molecular formula is C21H24N2O2. The van der Waals surface area contributed by atoms with Crippen LogP contribution >= 0.6 is 0 Å². The van der Waals surface area contributed by atoms with Crippen LogP contribution in [0, 0.1) is 20.8 Å². The second kappa shape index (κ2) is 6.71. The zero-order chi connectivity index (χ0) is 18.1. The summed E-state index contributed by atoms with van der Waals surface area (Å²) in [6.45, 7) is 8.89. The molecule has 0 aromatic heterocycles. The predicted octanol–water partition coefficient (Wildman–Crippen LogP) is 3.49. The standard InChI is InChI=1S/C21H24N2O2/c1-14-6-5-7-18(13-14)21(25)22-10-11-23(20(24)17(22)4)19-9-8-15(2)12-16(19)3/h5-9,12-13,17H,10-11H2,1-4H3/t17-/m0/s1. The lowest BCUT2D eigenvalue weighted by molar-refractivity contribution is -0.124. The van der Waals surface area contributed by atoms with Gasteiger partial charge >= 0.3 is 0 Å². The Bertz CT molecular complexity index is 828. The van der Waals surface area contributed by atoms with Crippen molar-refractivity contribution in [1.29, 1.82) is 0 Å². The summed E-state index contributed by atoms with van der Waals surface area (Å²) in [6.07, 6.45) is 0. The lowest BCUT2D eigenvalue weighted by Crippen LogP contribution is -2.58. The van der Waals surface area contributed by atoms with E-state index in [0.29, 0.717) is 18.7 Å². The molecule has 0 spiro atoms. The molecule has 25 heavy (non-hydrogen) atoms. The van der Waals surface area contributed by atoms with E-state index in [1.807, 2.05) is 64.1 Å². The van der Waals surface area contributed by atoms with Crippen LogP contribution in [0.4, 0.5) is 5.69 Å². The summed E-state index contributed by atoms with van der Waals surface area (Å²) >= 11 is 0. The monoisotopic (exact) mass is 336 g/mol. The van der Waals surface area contributed by atoms with Gasteiger partial charge in [0.1, 0.15) is 6.04 Å². The van der Waals surface area contributed by atoms with Gasteiger partial charge in [-0.2, -0.15) is 0 Å². The number of benzene rings is 2. The van der Waals surface area contributed by atoms with Gasteiger partial charge in [-0.25, -0.2) is 0 Å². The van der Waals surface area contributed by atoms with Crippen LogP contribution in [0.1, 0.15) is 34.0 Å². The summed E-state index contributed by atoms with van der Waals surface area (Å²) in [7, 11) is 0. The van der Waals surface area contributed by atoms with E-state index in [1.165, 1.54) is 5.56 Å².